The molecule has 2 heterocycles. The van der Waals surface area contributed by atoms with E-state index in [1.807, 2.05) is 36.9 Å². The second kappa shape index (κ2) is 8.83. The molecule has 160 valence electrons. The number of hydrogen-bond donors (Lipinski definition) is 3. The van der Waals surface area contributed by atoms with Crippen LogP contribution in [-0.2, 0) is 9.59 Å². The second-order valence-electron chi connectivity index (χ2n) is 7.73. The van der Waals surface area contributed by atoms with Crippen LogP contribution in [0.1, 0.15) is 37.8 Å². The first-order valence-electron chi connectivity index (χ1n) is 9.91. The van der Waals surface area contributed by atoms with Crippen LogP contribution < -0.4 is 15.9 Å². The summed E-state index contributed by atoms with van der Waals surface area (Å²) in [6, 6.07) is 5.81. The standard InChI is InChI=1S/C21H27N5O3S/c1-12-5-6-17(11-13(12)2)26-19(27)18(15(4)24-26)14(3)22-23-21(30)25-9-7-16(8-10-25)20(28)29/h5-6,11,16,22H,7-10H2,1-4H3,(H,23,30)(H,28,29). The first kappa shape index (κ1) is 21.8. The largest absolute Gasteiger partial charge is 0.481 e. The maximum absolute atomic E-state index is 13.0. The first-order chi connectivity index (χ1) is 14.2. The minimum absolute atomic E-state index is 0.198. The van der Waals surface area contributed by atoms with Crippen molar-refractivity contribution in [2.75, 3.05) is 18.1 Å². The summed E-state index contributed by atoms with van der Waals surface area (Å²) in [5.41, 5.74) is 10.7. The zero-order chi connectivity index (χ0) is 22.0. The van der Waals surface area contributed by atoms with Gasteiger partial charge in [-0.2, -0.15) is 10.1 Å². The summed E-state index contributed by atoms with van der Waals surface area (Å²) in [4.78, 5) is 26.0. The number of aliphatic carboxylic acids is 1. The molecule has 0 atom stereocenters. The molecule has 0 saturated carbocycles. The molecule has 1 aromatic rings. The molecule has 1 fully saturated rings. The third-order valence-corrected chi connectivity index (χ3v) is 5.98. The van der Waals surface area contributed by atoms with E-state index in [1.165, 1.54) is 5.01 Å². The number of likely N-dealkylation sites (tertiary alicyclic amines) is 1. The summed E-state index contributed by atoms with van der Waals surface area (Å²) in [5.74, 6) is -1.27. The molecule has 3 rings (SSSR count). The van der Waals surface area contributed by atoms with Crippen molar-refractivity contribution >= 4 is 40.6 Å². The fraction of sp³-hybridized carbons (Fsp3) is 0.429. The summed E-state index contributed by atoms with van der Waals surface area (Å²) in [6.45, 7) is 8.79. The van der Waals surface area contributed by atoms with Crippen molar-refractivity contribution in [1.82, 2.24) is 15.8 Å². The molecular formula is C21H27N5O3S. The Morgan fingerprint density at radius 1 is 1.17 bits per heavy atom. The zero-order valence-electron chi connectivity index (χ0n) is 17.7. The van der Waals surface area contributed by atoms with E-state index < -0.39 is 5.97 Å². The van der Waals surface area contributed by atoms with Crippen LogP contribution in [0.3, 0.4) is 0 Å². The minimum Gasteiger partial charge on any atom is -0.481 e. The highest BCUT2D eigenvalue weighted by Crippen LogP contribution is 2.26. The second-order valence-corrected chi connectivity index (χ2v) is 8.11. The molecule has 9 heteroatoms. The fourth-order valence-electron chi connectivity index (χ4n) is 3.59. The first-order valence-corrected chi connectivity index (χ1v) is 10.3. The molecule has 8 nitrogen and oxygen atoms in total. The topological polar surface area (TPSA) is 97.3 Å². The molecule has 1 amide bonds. The number of rotatable bonds is 4. The van der Waals surface area contributed by atoms with Crippen molar-refractivity contribution in [3.63, 3.8) is 0 Å². The Kier molecular flexibility index (Phi) is 6.40. The number of hydrazone groups is 1. The van der Waals surface area contributed by atoms with E-state index >= 15 is 0 Å². The number of carboxylic acids is 1. The highest BCUT2D eigenvalue weighted by atomic mass is 32.1. The molecule has 1 aromatic carbocycles. The Morgan fingerprint density at radius 2 is 1.83 bits per heavy atom. The molecule has 1 saturated heterocycles. The molecule has 0 bridgehead atoms. The lowest BCUT2D eigenvalue weighted by atomic mass is 9.97. The van der Waals surface area contributed by atoms with Crippen LogP contribution in [0.4, 0.5) is 5.69 Å². The van der Waals surface area contributed by atoms with E-state index in [0.717, 1.165) is 16.8 Å². The fourth-order valence-corrected chi connectivity index (χ4v) is 3.82. The van der Waals surface area contributed by atoms with Crippen LogP contribution in [0.25, 0.3) is 0 Å². The van der Waals surface area contributed by atoms with Crippen molar-refractivity contribution in [2.45, 2.75) is 40.5 Å². The van der Waals surface area contributed by atoms with Gasteiger partial charge in [0, 0.05) is 18.8 Å². The summed E-state index contributed by atoms with van der Waals surface area (Å²) in [7, 11) is 0. The maximum atomic E-state index is 13.0. The van der Waals surface area contributed by atoms with Crippen molar-refractivity contribution in [1.29, 1.82) is 0 Å². The highest BCUT2D eigenvalue weighted by molar-refractivity contribution is 7.80. The molecule has 3 N–H and O–H groups in total. The number of nitrogens with zero attached hydrogens (tertiary/aromatic N) is 3. The van der Waals surface area contributed by atoms with Crippen LogP contribution in [0.2, 0.25) is 0 Å². The van der Waals surface area contributed by atoms with Crippen LogP contribution in [-0.4, -0.2) is 45.8 Å². The smallest absolute Gasteiger partial charge is 0.306 e. The highest BCUT2D eigenvalue weighted by Gasteiger charge is 2.31. The number of anilines is 1. The van der Waals surface area contributed by atoms with Gasteiger partial charge in [-0.15, -0.1) is 0 Å². The third-order valence-electron chi connectivity index (χ3n) is 5.62. The van der Waals surface area contributed by atoms with Gasteiger partial charge >= 0.3 is 5.97 Å². The van der Waals surface area contributed by atoms with E-state index in [9.17, 15) is 9.59 Å². The number of piperidine rings is 1. The monoisotopic (exact) mass is 429 g/mol. The predicted molar refractivity (Wildman–Crippen MR) is 120 cm³/mol. The Hall–Kier alpha value is -2.94. The number of hydrazine groups is 1. The van der Waals surface area contributed by atoms with Gasteiger partial charge in [0.05, 0.1) is 22.9 Å². The van der Waals surface area contributed by atoms with Gasteiger partial charge in [-0.05, 0) is 76.0 Å². The van der Waals surface area contributed by atoms with Crippen molar-refractivity contribution < 1.29 is 14.7 Å². The Morgan fingerprint density at radius 3 is 2.43 bits per heavy atom. The number of amides is 1. The number of carbonyl (C=O) groups excluding carboxylic acids is 1. The molecule has 0 aliphatic carbocycles. The van der Waals surface area contributed by atoms with Crippen LogP contribution in [0.5, 0.6) is 0 Å². The van der Waals surface area contributed by atoms with Gasteiger partial charge in [0.2, 0.25) is 0 Å². The molecule has 0 spiro atoms. The van der Waals surface area contributed by atoms with Gasteiger partial charge in [-0.3, -0.25) is 15.0 Å². The Labute approximate surface area is 181 Å². The van der Waals surface area contributed by atoms with Crippen molar-refractivity contribution in [2.24, 2.45) is 11.0 Å². The summed E-state index contributed by atoms with van der Waals surface area (Å²) in [6.07, 6.45) is 1.12. The van der Waals surface area contributed by atoms with E-state index in [2.05, 4.69) is 16.0 Å². The van der Waals surface area contributed by atoms with Crippen LogP contribution in [0.15, 0.2) is 34.6 Å². The maximum Gasteiger partial charge on any atom is 0.306 e. The molecule has 30 heavy (non-hydrogen) atoms. The van der Waals surface area contributed by atoms with E-state index in [1.54, 1.807) is 13.8 Å². The lowest BCUT2D eigenvalue weighted by Gasteiger charge is -2.32. The van der Waals surface area contributed by atoms with Gasteiger partial charge in [0.25, 0.3) is 5.91 Å². The van der Waals surface area contributed by atoms with Gasteiger partial charge < -0.3 is 15.4 Å². The van der Waals surface area contributed by atoms with Gasteiger partial charge in [0.1, 0.15) is 0 Å². The normalized spacial score (nSPS) is 18.9. The van der Waals surface area contributed by atoms with Crippen LogP contribution in [0, 0.1) is 19.8 Å². The SMILES string of the molecule is CC1=NN(c2ccc(C)c(C)c2)C(=O)C1=C(C)NNC(=S)N1CCC(C(=O)O)CC1. The van der Waals surface area contributed by atoms with Gasteiger partial charge in [-0.1, -0.05) is 6.07 Å². The molecule has 0 radical (unpaired) electrons. The van der Waals surface area contributed by atoms with E-state index in [4.69, 9.17) is 17.3 Å². The molecule has 0 unspecified atom stereocenters. The van der Waals surface area contributed by atoms with Crippen molar-refractivity contribution in [3.8, 4) is 0 Å². The van der Waals surface area contributed by atoms with Gasteiger partial charge in [-0.25, -0.2) is 0 Å². The number of carboxylic acid groups (broad SMARTS) is 1. The van der Waals surface area contributed by atoms with Crippen molar-refractivity contribution in [3.05, 3.63) is 40.6 Å². The molecular weight excluding hydrogens is 402 g/mol. The molecule has 2 aliphatic heterocycles. The zero-order valence-corrected chi connectivity index (χ0v) is 18.5. The number of nitrogens with one attached hydrogen (secondary N) is 2. The number of benzene rings is 1. The lowest BCUT2D eigenvalue weighted by Crippen LogP contribution is -2.49. The molecule has 0 aromatic heterocycles. The average Bonchev–Trinajstić information content (AvgIpc) is 3.02. The van der Waals surface area contributed by atoms with Gasteiger partial charge in [0.15, 0.2) is 5.11 Å². The Bertz CT molecular complexity index is 948. The quantitative estimate of drug-likeness (QED) is 0.384. The summed E-state index contributed by atoms with van der Waals surface area (Å²) < 4.78 is 0. The minimum atomic E-state index is -0.755. The number of hydrogen-bond acceptors (Lipinski definition) is 5. The number of thiocarbonyl (C=S) groups is 1. The number of carbonyl (C=O) groups is 2. The predicted octanol–water partition coefficient (Wildman–Crippen LogP) is 2.48. The number of allylic oxidation sites excluding steroid dienone is 1. The van der Waals surface area contributed by atoms with Crippen LogP contribution >= 0.6 is 12.2 Å². The number of aryl methyl sites for hydroxylation is 2. The average molecular weight is 430 g/mol. The lowest BCUT2D eigenvalue weighted by molar-refractivity contribution is -0.143. The van der Waals surface area contributed by atoms with E-state index in [0.29, 0.717) is 48.0 Å². The summed E-state index contributed by atoms with van der Waals surface area (Å²) >= 11 is 5.41. The summed E-state index contributed by atoms with van der Waals surface area (Å²) in [5, 5.41) is 15.4. The Balaban J connectivity index is 1.64. The van der Waals surface area contributed by atoms with E-state index in [-0.39, 0.29) is 11.8 Å². The molecule has 2 aliphatic rings. The third kappa shape index (κ3) is 4.46.